The van der Waals surface area contributed by atoms with Gasteiger partial charge in [0.25, 0.3) is 0 Å². The number of nitrogens with one attached hydrogen (secondary N) is 1. The van der Waals surface area contributed by atoms with E-state index < -0.39 is 29.5 Å². The zero-order valence-corrected chi connectivity index (χ0v) is 10.4. The predicted molar refractivity (Wildman–Crippen MR) is 63.9 cm³/mol. The summed E-state index contributed by atoms with van der Waals surface area (Å²) >= 11 is 0. The van der Waals surface area contributed by atoms with Crippen LogP contribution >= 0.6 is 0 Å². The molecule has 0 amide bonds. The van der Waals surface area contributed by atoms with Crippen LogP contribution in [0.25, 0.3) is 0 Å². The highest BCUT2D eigenvalue weighted by Gasteiger charge is 2.25. The summed E-state index contributed by atoms with van der Waals surface area (Å²) in [4.78, 5) is 11.7. The van der Waals surface area contributed by atoms with Crippen LogP contribution in [0.2, 0.25) is 0 Å². The number of rotatable bonds is 6. The van der Waals surface area contributed by atoms with Crippen molar-refractivity contribution in [1.82, 2.24) is 5.32 Å². The van der Waals surface area contributed by atoms with Crippen LogP contribution in [0.1, 0.15) is 18.5 Å². The van der Waals surface area contributed by atoms with E-state index in [2.05, 4.69) is 11.9 Å². The molecule has 0 saturated heterocycles. The molecule has 1 unspecified atom stereocenters. The number of hydrogen-bond donors (Lipinski definition) is 1. The second kappa shape index (κ2) is 6.94. The fourth-order valence-electron chi connectivity index (χ4n) is 1.51. The average Bonchev–Trinajstić information content (AvgIpc) is 2.36. The summed E-state index contributed by atoms with van der Waals surface area (Å²) in [5.74, 6) is -4.33. The van der Waals surface area contributed by atoms with Crippen molar-refractivity contribution in [3.63, 3.8) is 0 Å². The second-order valence-electron chi connectivity index (χ2n) is 3.67. The zero-order chi connectivity index (χ0) is 14.4. The third-order valence-electron chi connectivity index (χ3n) is 2.34. The Morgan fingerprint density at radius 2 is 2.00 bits per heavy atom. The van der Waals surface area contributed by atoms with Gasteiger partial charge in [0, 0.05) is 18.2 Å². The molecule has 0 heterocycles. The summed E-state index contributed by atoms with van der Waals surface area (Å²) in [6, 6.07) is -0.178. The van der Waals surface area contributed by atoms with Crippen molar-refractivity contribution in [2.75, 3.05) is 13.2 Å². The fraction of sp³-hybridized carbons (Fsp3) is 0.308. The molecular weight excluding hydrogens is 259 g/mol. The highest BCUT2D eigenvalue weighted by Crippen LogP contribution is 2.21. The van der Waals surface area contributed by atoms with Crippen LogP contribution in [-0.4, -0.2) is 19.1 Å². The van der Waals surface area contributed by atoms with E-state index in [4.69, 9.17) is 4.74 Å². The normalized spacial score (nSPS) is 12.0. The summed E-state index contributed by atoms with van der Waals surface area (Å²) < 4.78 is 44.4. The number of halogens is 3. The molecule has 1 atom stereocenters. The summed E-state index contributed by atoms with van der Waals surface area (Å²) in [7, 11) is 0. The lowest BCUT2D eigenvalue weighted by atomic mass is 10.1. The molecule has 0 radical (unpaired) electrons. The molecular formula is C13H14F3NO2. The van der Waals surface area contributed by atoms with Gasteiger partial charge in [-0.2, -0.15) is 0 Å². The lowest BCUT2D eigenvalue weighted by Crippen LogP contribution is -2.31. The number of hydrogen-bond acceptors (Lipinski definition) is 3. The first-order valence-corrected chi connectivity index (χ1v) is 5.66. The molecule has 0 saturated carbocycles. The Balaban J connectivity index is 3.12. The molecule has 1 aromatic carbocycles. The third kappa shape index (κ3) is 3.82. The Morgan fingerprint density at radius 3 is 2.58 bits per heavy atom. The summed E-state index contributed by atoms with van der Waals surface area (Å²) in [5.41, 5.74) is -0.306. The van der Waals surface area contributed by atoms with Crippen molar-refractivity contribution < 1.29 is 22.7 Å². The van der Waals surface area contributed by atoms with E-state index in [1.807, 2.05) is 0 Å². The summed E-state index contributed by atoms with van der Waals surface area (Å²) in [6.07, 6.45) is 1.45. The molecule has 1 N–H and O–H groups in total. The molecule has 104 valence electrons. The van der Waals surface area contributed by atoms with Gasteiger partial charge in [0.2, 0.25) is 0 Å². The first-order valence-electron chi connectivity index (χ1n) is 5.66. The molecule has 0 aliphatic carbocycles. The number of ether oxygens (including phenoxy) is 1. The van der Waals surface area contributed by atoms with E-state index in [0.717, 1.165) is 0 Å². The van der Waals surface area contributed by atoms with Gasteiger partial charge in [-0.3, -0.25) is 5.32 Å². The first-order chi connectivity index (χ1) is 9.01. The topological polar surface area (TPSA) is 38.3 Å². The van der Waals surface area contributed by atoms with E-state index in [1.165, 1.54) is 6.08 Å². The predicted octanol–water partition coefficient (Wildman–Crippen LogP) is 2.48. The van der Waals surface area contributed by atoms with Crippen molar-refractivity contribution in [3.05, 3.63) is 47.8 Å². The number of carbonyl (C=O) groups excluding carboxylic acids is 1. The molecule has 0 fully saturated rings. The minimum absolute atomic E-state index is 0.0936. The van der Waals surface area contributed by atoms with Gasteiger partial charge < -0.3 is 4.74 Å². The van der Waals surface area contributed by atoms with Crippen molar-refractivity contribution in [2.45, 2.75) is 13.0 Å². The standard InChI is InChI=1S/C13H14F3NO2/c1-3-5-17-12(13(18)19-4-2)8-6-10(15)11(16)7-9(8)14/h3,6-7,12,17H,1,4-5H2,2H3. The smallest absolute Gasteiger partial charge is 0.327 e. The largest absolute Gasteiger partial charge is 0.465 e. The minimum Gasteiger partial charge on any atom is -0.465 e. The Hall–Kier alpha value is -1.82. The van der Waals surface area contributed by atoms with Crippen LogP contribution in [0.4, 0.5) is 13.2 Å². The number of carbonyl (C=O) groups is 1. The highest BCUT2D eigenvalue weighted by molar-refractivity contribution is 5.77. The number of esters is 1. The van der Waals surface area contributed by atoms with Crippen molar-refractivity contribution in [3.8, 4) is 0 Å². The van der Waals surface area contributed by atoms with Crippen LogP contribution in [0, 0.1) is 17.5 Å². The zero-order valence-electron chi connectivity index (χ0n) is 10.4. The highest BCUT2D eigenvalue weighted by atomic mass is 19.2. The quantitative estimate of drug-likeness (QED) is 0.491. The van der Waals surface area contributed by atoms with Crippen LogP contribution in [-0.2, 0) is 9.53 Å². The molecule has 1 rings (SSSR count). The van der Waals surface area contributed by atoms with Gasteiger partial charge in [-0.1, -0.05) is 6.08 Å². The molecule has 0 aromatic heterocycles. The van der Waals surface area contributed by atoms with E-state index in [9.17, 15) is 18.0 Å². The summed E-state index contributed by atoms with van der Waals surface area (Å²) in [5, 5.41) is 2.64. The first kappa shape index (κ1) is 15.2. The molecule has 0 bridgehead atoms. The molecule has 19 heavy (non-hydrogen) atoms. The van der Waals surface area contributed by atoms with Crippen molar-refractivity contribution in [2.24, 2.45) is 0 Å². The van der Waals surface area contributed by atoms with E-state index in [0.29, 0.717) is 12.1 Å². The van der Waals surface area contributed by atoms with Crippen LogP contribution < -0.4 is 5.32 Å². The molecule has 0 aliphatic heterocycles. The second-order valence-corrected chi connectivity index (χ2v) is 3.67. The number of benzene rings is 1. The minimum atomic E-state index is -1.31. The van der Waals surface area contributed by atoms with E-state index in [-0.39, 0.29) is 18.7 Å². The van der Waals surface area contributed by atoms with Gasteiger partial charge in [-0.05, 0) is 13.0 Å². The van der Waals surface area contributed by atoms with E-state index in [1.54, 1.807) is 6.92 Å². The van der Waals surface area contributed by atoms with Crippen LogP contribution in [0.3, 0.4) is 0 Å². The molecule has 6 heteroatoms. The third-order valence-corrected chi connectivity index (χ3v) is 2.34. The molecule has 1 aromatic rings. The van der Waals surface area contributed by atoms with Gasteiger partial charge in [-0.25, -0.2) is 18.0 Å². The Labute approximate surface area is 109 Å². The Morgan fingerprint density at radius 1 is 1.37 bits per heavy atom. The van der Waals surface area contributed by atoms with Crippen molar-refractivity contribution >= 4 is 5.97 Å². The van der Waals surface area contributed by atoms with Gasteiger partial charge in [0.05, 0.1) is 6.61 Å². The van der Waals surface area contributed by atoms with E-state index >= 15 is 0 Å². The lowest BCUT2D eigenvalue weighted by molar-refractivity contribution is -0.145. The van der Waals surface area contributed by atoms with Gasteiger partial charge >= 0.3 is 5.97 Å². The Bertz CT molecular complexity index is 477. The summed E-state index contributed by atoms with van der Waals surface area (Å²) in [6.45, 7) is 5.31. The van der Waals surface area contributed by atoms with Crippen molar-refractivity contribution in [1.29, 1.82) is 0 Å². The van der Waals surface area contributed by atoms with Gasteiger partial charge in [0.15, 0.2) is 11.6 Å². The van der Waals surface area contributed by atoms with Gasteiger partial charge in [0.1, 0.15) is 11.9 Å². The van der Waals surface area contributed by atoms with Gasteiger partial charge in [-0.15, -0.1) is 6.58 Å². The maximum Gasteiger partial charge on any atom is 0.327 e. The van der Waals surface area contributed by atoms with Crippen LogP contribution in [0.15, 0.2) is 24.8 Å². The SMILES string of the molecule is C=CCNC(C(=O)OCC)c1cc(F)c(F)cc1F. The average molecular weight is 273 g/mol. The maximum absolute atomic E-state index is 13.6. The monoisotopic (exact) mass is 273 g/mol. The lowest BCUT2D eigenvalue weighted by Gasteiger charge is -2.17. The maximum atomic E-state index is 13.6. The molecule has 0 spiro atoms. The van der Waals surface area contributed by atoms with Crippen LogP contribution in [0.5, 0.6) is 0 Å². The Kier molecular flexibility index (Phi) is 5.57. The fourth-order valence-corrected chi connectivity index (χ4v) is 1.51. The molecule has 0 aliphatic rings. The molecule has 3 nitrogen and oxygen atoms in total.